The number of imidazole rings is 1. The van der Waals surface area contributed by atoms with Gasteiger partial charge in [0.2, 0.25) is 0 Å². The largest absolute Gasteiger partial charge is 0.478 e. The average Bonchev–Trinajstić information content (AvgIpc) is 2.76. The van der Waals surface area contributed by atoms with E-state index < -0.39 is 5.97 Å². The summed E-state index contributed by atoms with van der Waals surface area (Å²) in [4.78, 5) is 15.5. The Bertz CT molecular complexity index is 604. The molecule has 0 spiro atoms. The van der Waals surface area contributed by atoms with Crippen LogP contribution >= 0.6 is 0 Å². The van der Waals surface area contributed by atoms with Gasteiger partial charge in [-0.25, -0.2) is 9.78 Å². The molecule has 2 aromatic rings. The second-order valence-electron chi connectivity index (χ2n) is 4.62. The molecular weight excluding hydrogens is 244 g/mol. The van der Waals surface area contributed by atoms with Crippen molar-refractivity contribution in [2.75, 3.05) is 6.61 Å². The van der Waals surface area contributed by atoms with Crippen molar-refractivity contribution in [1.82, 2.24) is 9.55 Å². The first-order valence-electron chi connectivity index (χ1n) is 6.43. The molecule has 0 saturated heterocycles. The van der Waals surface area contributed by atoms with Crippen LogP contribution in [0.4, 0.5) is 0 Å². The fourth-order valence-electron chi connectivity index (χ4n) is 2.34. The van der Waals surface area contributed by atoms with Crippen molar-refractivity contribution < 1.29 is 15.0 Å². The van der Waals surface area contributed by atoms with Gasteiger partial charge < -0.3 is 14.8 Å². The minimum Gasteiger partial charge on any atom is -0.478 e. The van der Waals surface area contributed by atoms with Crippen LogP contribution in [-0.2, 0) is 6.42 Å². The van der Waals surface area contributed by atoms with Gasteiger partial charge in [0, 0.05) is 19.1 Å². The van der Waals surface area contributed by atoms with Crippen molar-refractivity contribution in [3.05, 3.63) is 29.6 Å². The summed E-state index contributed by atoms with van der Waals surface area (Å²) in [7, 11) is 0. The number of aromatic nitrogens is 2. The molecule has 0 amide bonds. The summed E-state index contributed by atoms with van der Waals surface area (Å²) >= 11 is 0. The van der Waals surface area contributed by atoms with E-state index in [4.69, 9.17) is 10.2 Å². The van der Waals surface area contributed by atoms with Crippen LogP contribution in [-0.4, -0.2) is 32.3 Å². The number of aliphatic hydroxyl groups is 1. The first-order valence-corrected chi connectivity index (χ1v) is 6.43. The first kappa shape index (κ1) is 13.5. The zero-order chi connectivity index (χ0) is 14.0. The number of aliphatic hydroxyl groups excluding tert-OH is 1. The van der Waals surface area contributed by atoms with Crippen molar-refractivity contribution in [1.29, 1.82) is 0 Å². The van der Waals surface area contributed by atoms with Gasteiger partial charge in [-0.1, -0.05) is 6.92 Å². The van der Waals surface area contributed by atoms with Gasteiger partial charge >= 0.3 is 5.97 Å². The van der Waals surface area contributed by atoms with E-state index in [1.54, 1.807) is 18.2 Å². The molecule has 2 rings (SSSR count). The number of aryl methyl sites for hydroxylation is 1. The summed E-state index contributed by atoms with van der Waals surface area (Å²) < 4.78 is 2.08. The lowest BCUT2D eigenvalue weighted by Crippen LogP contribution is -2.10. The summed E-state index contributed by atoms with van der Waals surface area (Å²) in [5.74, 6) is -0.0311. The molecule has 0 aliphatic heterocycles. The number of hydrogen-bond donors (Lipinski definition) is 2. The van der Waals surface area contributed by atoms with Gasteiger partial charge in [-0.2, -0.15) is 0 Å². The maximum absolute atomic E-state index is 11.0. The molecule has 0 fully saturated rings. The van der Waals surface area contributed by atoms with E-state index in [1.807, 2.05) is 13.8 Å². The van der Waals surface area contributed by atoms with Gasteiger partial charge in [0.25, 0.3) is 0 Å². The lowest BCUT2D eigenvalue weighted by atomic mass is 10.2. The van der Waals surface area contributed by atoms with E-state index in [0.717, 1.165) is 17.8 Å². The summed E-state index contributed by atoms with van der Waals surface area (Å²) in [5, 5.41) is 18.1. The number of carboxylic acid groups (broad SMARTS) is 1. The van der Waals surface area contributed by atoms with Gasteiger partial charge in [0.1, 0.15) is 5.82 Å². The number of aromatic carboxylic acids is 1. The maximum atomic E-state index is 11.0. The Hall–Kier alpha value is -1.88. The van der Waals surface area contributed by atoms with Gasteiger partial charge in [-0.05, 0) is 31.5 Å². The Morgan fingerprint density at radius 3 is 2.79 bits per heavy atom. The summed E-state index contributed by atoms with van der Waals surface area (Å²) in [6.07, 6.45) is 1.42. The standard InChI is InChI=1S/C14H18N2O3/c1-3-13-15-11-8-10(14(18)19)4-5-12(11)16(13)9(2)6-7-17/h4-5,8-9,17H,3,6-7H2,1-2H3,(H,18,19). The highest BCUT2D eigenvalue weighted by atomic mass is 16.4. The third kappa shape index (κ3) is 2.46. The normalized spacial score (nSPS) is 12.8. The number of carboxylic acids is 1. The topological polar surface area (TPSA) is 75.3 Å². The molecule has 0 saturated carbocycles. The summed E-state index contributed by atoms with van der Waals surface area (Å²) in [5.41, 5.74) is 1.86. The van der Waals surface area contributed by atoms with Crippen LogP contribution in [0.5, 0.6) is 0 Å². The molecule has 102 valence electrons. The second kappa shape index (κ2) is 5.40. The molecule has 1 aromatic carbocycles. The number of fused-ring (bicyclic) bond motifs is 1. The van der Waals surface area contributed by atoms with Crippen molar-refractivity contribution >= 4 is 17.0 Å². The van der Waals surface area contributed by atoms with E-state index in [9.17, 15) is 4.79 Å². The Labute approximate surface area is 111 Å². The predicted octanol–water partition coefficient (Wildman–Crippen LogP) is 2.24. The monoisotopic (exact) mass is 262 g/mol. The molecule has 0 radical (unpaired) electrons. The van der Waals surface area contributed by atoms with Crippen molar-refractivity contribution in [3.63, 3.8) is 0 Å². The van der Waals surface area contributed by atoms with Crippen LogP contribution in [0.3, 0.4) is 0 Å². The molecule has 5 heteroatoms. The minimum absolute atomic E-state index is 0.122. The fourth-order valence-corrected chi connectivity index (χ4v) is 2.34. The van der Waals surface area contributed by atoms with E-state index in [2.05, 4.69) is 9.55 Å². The molecule has 1 atom stereocenters. The van der Waals surface area contributed by atoms with Gasteiger partial charge in [-0.3, -0.25) is 0 Å². The Morgan fingerprint density at radius 1 is 1.47 bits per heavy atom. The Morgan fingerprint density at radius 2 is 2.21 bits per heavy atom. The van der Waals surface area contributed by atoms with Crippen molar-refractivity contribution in [2.45, 2.75) is 32.7 Å². The summed E-state index contributed by atoms with van der Waals surface area (Å²) in [6.45, 7) is 4.17. The minimum atomic E-state index is -0.946. The van der Waals surface area contributed by atoms with Crippen LogP contribution in [0.2, 0.25) is 0 Å². The third-order valence-electron chi connectivity index (χ3n) is 3.31. The van der Waals surface area contributed by atoms with E-state index >= 15 is 0 Å². The molecule has 5 nitrogen and oxygen atoms in total. The number of nitrogens with zero attached hydrogens (tertiary/aromatic N) is 2. The van der Waals surface area contributed by atoms with Crippen LogP contribution in [0.15, 0.2) is 18.2 Å². The average molecular weight is 262 g/mol. The molecule has 1 aromatic heterocycles. The molecular formula is C14H18N2O3. The number of carbonyl (C=O) groups is 1. The highest BCUT2D eigenvalue weighted by Crippen LogP contribution is 2.24. The highest BCUT2D eigenvalue weighted by molar-refractivity contribution is 5.92. The maximum Gasteiger partial charge on any atom is 0.335 e. The molecule has 0 aliphatic carbocycles. The van der Waals surface area contributed by atoms with E-state index in [-0.39, 0.29) is 18.2 Å². The zero-order valence-corrected chi connectivity index (χ0v) is 11.1. The van der Waals surface area contributed by atoms with Crippen molar-refractivity contribution in [2.24, 2.45) is 0 Å². The second-order valence-corrected chi connectivity index (χ2v) is 4.62. The predicted molar refractivity (Wildman–Crippen MR) is 72.5 cm³/mol. The highest BCUT2D eigenvalue weighted by Gasteiger charge is 2.15. The zero-order valence-electron chi connectivity index (χ0n) is 11.1. The lowest BCUT2D eigenvalue weighted by Gasteiger charge is -2.16. The Balaban J connectivity index is 2.58. The molecule has 2 N–H and O–H groups in total. The summed E-state index contributed by atoms with van der Waals surface area (Å²) in [6, 6.07) is 5.12. The van der Waals surface area contributed by atoms with Gasteiger partial charge in [0.15, 0.2) is 0 Å². The smallest absolute Gasteiger partial charge is 0.335 e. The molecule has 0 aliphatic rings. The SMILES string of the molecule is CCc1nc2cc(C(=O)O)ccc2n1C(C)CCO. The molecule has 0 bridgehead atoms. The molecule has 1 heterocycles. The van der Waals surface area contributed by atoms with Crippen LogP contribution < -0.4 is 0 Å². The van der Waals surface area contributed by atoms with E-state index in [0.29, 0.717) is 11.9 Å². The molecule has 1 unspecified atom stereocenters. The lowest BCUT2D eigenvalue weighted by molar-refractivity contribution is 0.0697. The van der Waals surface area contributed by atoms with Crippen molar-refractivity contribution in [3.8, 4) is 0 Å². The number of rotatable bonds is 5. The van der Waals surface area contributed by atoms with Crippen LogP contribution in [0.1, 0.15) is 42.5 Å². The van der Waals surface area contributed by atoms with Crippen LogP contribution in [0, 0.1) is 0 Å². The molecule has 19 heavy (non-hydrogen) atoms. The first-order chi connectivity index (χ1) is 9.08. The number of hydrogen-bond acceptors (Lipinski definition) is 3. The fraction of sp³-hybridized carbons (Fsp3) is 0.429. The van der Waals surface area contributed by atoms with Gasteiger partial charge in [-0.15, -0.1) is 0 Å². The van der Waals surface area contributed by atoms with E-state index in [1.165, 1.54) is 0 Å². The van der Waals surface area contributed by atoms with Gasteiger partial charge in [0.05, 0.1) is 16.6 Å². The third-order valence-corrected chi connectivity index (χ3v) is 3.31. The Kier molecular flexibility index (Phi) is 3.85. The quantitative estimate of drug-likeness (QED) is 0.866. The van der Waals surface area contributed by atoms with Crippen LogP contribution in [0.25, 0.3) is 11.0 Å². The number of benzene rings is 1.